The molecule has 2 fully saturated rings. The van der Waals surface area contributed by atoms with E-state index in [0.29, 0.717) is 37.4 Å². The van der Waals surface area contributed by atoms with Crippen molar-refractivity contribution < 1.29 is 9.59 Å². The second kappa shape index (κ2) is 10.8. The number of urea groups is 1. The zero-order valence-electron chi connectivity index (χ0n) is 16.9. The minimum atomic E-state index is 0.0274. The van der Waals surface area contributed by atoms with Crippen LogP contribution in [0.25, 0.3) is 0 Å². The van der Waals surface area contributed by atoms with Crippen molar-refractivity contribution in [2.75, 3.05) is 39.3 Å². The number of nitrogens with one attached hydrogen (secondary N) is 2. The van der Waals surface area contributed by atoms with E-state index in [2.05, 4.69) is 36.3 Å². The summed E-state index contributed by atoms with van der Waals surface area (Å²) in [6, 6.07) is 0.414. The Morgan fingerprint density at radius 1 is 1.23 bits per heavy atom. The summed E-state index contributed by atoms with van der Waals surface area (Å²) in [5.41, 5.74) is 0. The Bertz CT molecular complexity index is 449. The quantitative estimate of drug-likeness (QED) is 0.727. The Balaban J connectivity index is 1.86. The number of hydrogen-bond donors (Lipinski definition) is 2. The molecule has 0 bridgehead atoms. The van der Waals surface area contributed by atoms with Crippen LogP contribution in [0.15, 0.2) is 0 Å². The topological polar surface area (TPSA) is 64.7 Å². The molecular formula is C20H38N4O2. The SMILES string of the molecule is CCCN(C(=O)CC1CCCN(C(=O)NCC(C)C)C1)C1CCNCC1. The third-order valence-electron chi connectivity index (χ3n) is 5.47. The number of carbonyl (C=O) groups excluding carboxylic acids is 2. The van der Waals surface area contributed by atoms with Crippen molar-refractivity contribution in [1.29, 1.82) is 0 Å². The van der Waals surface area contributed by atoms with Crippen LogP contribution in [-0.2, 0) is 4.79 Å². The van der Waals surface area contributed by atoms with Gasteiger partial charge in [-0.05, 0) is 57.0 Å². The molecule has 2 N–H and O–H groups in total. The third-order valence-corrected chi connectivity index (χ3v) is 5.47. The van der Waals surface area contributed by atoms with E-state index >= 15 is 0 Å². The molecule has 0 aromatic heterocycles. The summed E-state index contributed by atoms with van der Waals surface area (Å²) in [6.07, 6.45) is 5.74. The number of rotatable bonds is 7. The molecule has 150 valence electrons. The van der Waals surface area contributed by atoms with Crippen LogP contribution in [0.3, 0.4) is 0 Å². The van der Waals surface area contributed by atoms with E-state index in [4.69, 9.17) is 0 Å². The standard InChI is InChI=1S/C20H38N4O2/c1-4-11-24(18-7-9-21-10-8-18)19(25)13-17-6-5-12-23(15-17)20(26)22-14-16(2)3/h16-18,21H,4-15H2,1-3H3,(H,22,26). The summed E-state index contributed by atoms with van der Waals surface area (Å²) >= 11 is 0. The largest absolute Gasteiger partial charge is 0.340 e. The van der Waals surface area contributed by atoms with Gasteiger partial charge in [-0.15, -0.1) is 0 Å². The molecule has 0 radical (unpaired) electrons. The van der Waals surface area contributed by atoms with E-state index in [9.17, 15) is 9.59 Å². The molecule has 0 saturated carbocycles. The fourth-order valence-corrected chi connectivity index (χ4v) is 4.05. The highest BCUT2D eigenvalue weighted by Crippen LogP contribution is 2.23. The van der Waals surface area contributed by atoms with Crippen molar-refractivity contribution in [3.63, 3.8) is 0 Å². The highest BCUT2D eigenvalue weighted by molar-refractivity contribution is 5.77. The zero-order chi connectivity index (χ0) is 18.9. The zero-order valence-corrected chi connectivity index (χ0v) is 16.9. The lowest BCUT2D eigenvalue weighted by Crippen LogP contribution is -2.49. The van der Waals surface area contributed by atoms with Gasteiger partial charge in [0.15, 0.2) is 0 Å². The summed E-state index contributed by atoms with van der Waals surface area (Å²) in [5, 5.41) is 6.39. The lowest BCUT2D eigenvalue weighted by molar-refractivity contribution is -0.135. The first-order chi connectivity index (χ1) is 12.5. The highest BCUT2D eigenvalue weighted by Gasteiger charge is 2.29. The van der Waals surface area contributed by atoms with Crippen molar-refractivity contribution in [2.45, 2.75) is 65.3 Å². The average molecular weight is 367 g/mol. The fourth-order valence-electron chi connectivity index (χ4n) is 4.05. The van der Waals surface area contributed by atoms with Crippen molar-refractivity contribution in [3.8, 4) is 0 Å². The molecule has 2 heterocycles. The molecule has 3 amide bonds. The van der Waals surface area contributed by atoms with E-state index in [1.54, 1.807) is 0 Å². The molecule has 26 heavy (non-hydrogen) atoms. The van der Waals surface area contributed by atoms with E-state index in [1.807, 2.05) is 4.90 Å². The maximum Gasteiger partial charge on any atom is 0.317 e. The van der Waals surface area contributed by atoms with Gasteiger partial charge in [0.05, 0.1) is 0 Å². The number of nitrogens with zero attached hydrogens (tertiary/aromatic N) is 2. The van der Waals surface area contributed by atoms with Crippen LogP contribution in [0.5, 0.6) is 0 Å². The predicted octanol–water partition coefficient (Wildman–Crippen LogP) is 2.44. The van der Waals surface area contributed by atoms with Gasteiger partial charge in [0.1, 0.15) is 0 Å². The predicted molar refractivity (Wildman–Crippen MR) is 105 cm³/mol. The Morgan fingerprint density at radius 3 is 2.62 bits per heavy atom. The minimum absolute atomic E-state index is 0.0274. The molecule has 0 aliphatic carbocycles. The number of piperidine rings is 2. The maximum absolute atomic E-state index is 13.0. The average Bonchev–Trinajstić information content (AvgIpc) is 2.65. The van der Waals surface area contributed by atoms with Crippen LogP contribution in [0.4, 0.5) is 4.79 Å². The van der Waals surface area contributed by atoms with Gasteiger partial charge in [-0.1, -0.05) is 20.8 Å². The van der Waals surface area contributed by atoms with Gasteiger partial charge in [-0.25, -0.2) is 4.79 Å². The van der Waals surface area contributed by atoms with E-state index in [1.165, 1.54) is 0 Å². The van der Waals surface area contributed by atoms with E-state index < -0.39 is 0 Å². The van der Waals surface area contributed by atoms with Gasteiger partial charge in [0.2, 0.25) is 5.91 Å². The molecule has 2 aliphatic heterocycles. The smallest absolute Gasteiger partial charge is 0.317 e. The Hall–Kier alpha value is -1.30. The van der Waals surface area contributed by atoms with Gasteiger partial charge in [-0.2, -0.15) is 0 Å². The molecular weight excluding hydrogens is 328 g/mol. The van der Waals surface area contributed by atoms with Crippen molar-refractivity contribution in [2.24, 2.45) is 11.8 Å². The molecule has 6 heteroatoms. The summed E-state index contributed by atoms with van der Waals surface area (Å²) < 4.78 is 0. The lowest BCUT2D eigenvalue weighted by Gasteiger charge is -2.37. The van der Waals surface area contributed by atoms with Crippen molar-refractivity contribution >= 4 is 11.9 Å². The van der Waals surface area contributed by atoms with Crippen LogP contribution in [0, 0.1) is 11.8 Å². The minimum Gasteiger partial charge on any atom is -0.340 e. The van der Waals surface area contributed by atoms with Gasteiger partial charge in [0, 0.05) is 38.6 Å². The molecule has 2 rings (SSSR count). The first-order valence-electron chi connectivity index (χ1n) is 10.5. The number of amides is 3. The van der Waals surface area contributed by atoms with Crippen LogP contribution in [-0.4, -0.2) is 67.0 Å². The number of hydrogen-bond acceptors (Lipinski definition) is 3. The Kier molecular flexibility index (Phi) is 8.69. The monoisotopic (exact) mass is 366 g/mol. The molecule has 1 unspecified atom stereocenters. The van der Waals surface area contributed by atoms with E-state index in [0.717, 1.165) is 58.3 Å². The van der Waals surface area contributed by atoms with Crippen LogP contribution < -0.4 is 10.6 Å². The molecule has 2 saturated heterocycles. The molecule has 0 aromatic rings. The van der Waals surface area contributed by atoms with Crippen LogP contribution >= 0.6 is 0 Å². The number of likely N-dealkylation sites (tertiary alicyclic amines) is 1. The fraction of sp³-hybridized carbons (Fsp3) is 0.900. The summed E-state index contributed by atoms with van der Waals surface area (Å²) in [4.78, 5) is 29.3. The molecule has 0 spiro atoms. The summed E-state index contributed by atoms with van der Waals surface area (Å²) in [5.74, 6) is 1.03. The van der Waals surface area contributed by atoms with Crippen molar-refractivity contribution in [3.05, 3.63) is 0 Å². The molecule has 1 atom stereocenters. The first kappa shape index (κ1) is 21.0. The lowest BCUT2D eigenvalue weighted by atomic mass is 9.93. The molecule has 0 aromatic carbocycles. The second-order valence-corrected chi connectivity index (χ2v) is 8.31. The molecule has 2 aliphatic rings. The highest BCUT2D eigenvalue weighted by atomic mass is 16.2. The van der Waals surface area contributed by atoms with Gasteiger partial charge in [0.25, 0.3) is 0 Å². The summed E-state index contributed by atoms with van der Waals surface area (Å²) in [7, 11) is 0. The third kappa shape index (κ3) is 6.45. The van der Waals surface area contributed by atoms with Crippen LogP contribution in [0.2, 0.25) is 0 Å². The first-order valence-corrected chi connectivity index (χ1v) is 10.5. The maximum atomic E-state index is 13.0. The van der Waals surface area contributed by atoms with Gasteiger partial charge < -0.3 is 20.4 Å². The van der Waals surface area contributed by atoms with Gasteiger partial charge >= 0.3 is 6.03 Å². The molecule has 6 nitrogen and oxygen atoms in total. The van der Waals surface area contributed by atoms with Gasteiger partial charge in [-0.3, -0.25) is 4.79 Å². The Labute approximate surface area is 159 Å². The summed E-state index contributed by atoms with van der Waals surface area (Å²) in [6.45, 7) is 11.4. The second-order valence-electron chi connectivity index (χ2n) is 8.31. The Morgan fingerprint density at radius 2 is 1.96 bits per heavy atom. The van der Waals surface area contributed by atoms with Crippen LogP contribution in [0.1, 0.15) is 59.3 Å². The number of carbonyl (C=O) groups is 2. The van der Waals surface area contributed by atoms with E-state index in [-0.39, 0.29) is 11.9 Å². The normalized spacial score (nSPS) is 21.7. The van der Waals surface area contributed by atoms with Crippen molar-refractivity contribution in [1.82, 2.24) is 20.4 Å².